The van der Waals surface area contributed by atoms with E-state index in [1.807, 2.05) is 27.7 Å². The van der Waals surface area contributed by atoms with Gasteiger partial charge in [-0.05, 0) is 237 Å². The minimum absolute atomic E-state index is 0.125. The van der Waals surface area contributed by atoms with Crippen LogP contribution in [0.15, 0.2) is 0 Å². The fraction of sp³-hybridized carbons (Fsp3) is 0.478. The number of benzene rings is 4. The highest BCUT2D eigenvalue weighted by atomic mass is 16.7. The molecule has 6 nitrogen and oxygen atoms in total. The number of hydrogen-bond donors (Lipinski definition) is 2. The Labute approximate surface area is 315 Å². The summed E-state index contributed by atoms with van der Waals surface area (Å²) < 4.78 is 22.6. The predicted molar refractivity (Wildman–Crippen MR) is 218 cm³/mol. The van der Waals surface area contributed by atoms with Crippen molar-refractivity contribution in [1.82, 2.24) is 0 Å². The van der Waals surface area contributed by atoms with Crippen LogP contribution in [-0.4, -0.2) is 30.9 Å². The molecule has 4 rings (SSSR count). The minimum atomic E-state index is -0.420. The van der Waals surface area contributed by atoms with Gasteiger partial charge in [-0.3, -0.25) is 0 Å². The molecule has 0 heterocycles. The summed E-state index contributed by atoms with van der Waals surface area (Å²) in [5.74, 6) is 3.46. The summed E-state index contributed by atoms with van der Waals surface area (Å²) in [6.45, 7) is 39.6. The molecule has 0 aliphatic rings. The second kappa shape index (κ2) is 18.1. The number of hydrogen-bond acceptors (Lipinski definition) is 6. The van der Waals surface area contributed by atoms with E-state index in [0.717, 1.165) is 39.5 Å². The van der Waals surface area contributed by atoms with Crippen LogP contribution < -0.4 is 18.9 Å². The Morgan fingerprint density at radius 2 is 0.538 bits per heavy atom. The van der Waals surface area contributed by atoms with Crippen LogP contribution in [0.1, 0.15) is 106 Å². The highest BCUT2D eigenvalue weighted by Crippen LogP contribution is 2.38. The molecule has 52 heavy (non-hydrogen) atoms. The first-order chi connectivity index (χ1) is 24.1. The number of aliphatic hydroxyl groups excluding tert-OH is 1. The van der Waals surface area contributed by atoms with Gasteiger partial charge >= 0.3 is 0 Å². The van der Waals surface area contributed by atoms with Crippen LogP contribution in [-0.2, 0) is 0 Å². The zero-order valence-electron chi connectivity index (χ0n) is 35.9. The van der Waals surface area contributed by atoms with Gasteiger partial charge in [-0.2, -0.15) is 0 Å². The van der Waals surface area contributed by atoms with Crippen LogP contribution in [0.2, 0.25) is 0 Å². The van der Waals surface area contributed by atoms with E-state index in [1.54, 1.807) is 7.11 Å². The van der Waals surface area contributed by atoms with Gasteiger partial charge in [-0.25, -0.2) is 0 Å². The van der Waals surface area contributed by atoms with Crippen molar-refractivity contribution < 1.29 is 29.2 Å². The van der Waals surface area contributed by atoms with Crippen molar-refractivity contribution in [3.8, 4) is 28.7 Å². The molecule has 0 bridgehead atoms. The van der Waals surface area contributed by atoms with Crippen LogP contribution in [0.5, 0.6) is 28.7 Å². The molecule has 0 unspecified atom stereocenters. The fourth-order valence-corrected chi connectivity index (χ4v) is 6.78. The molecule has 0 radical (unpaired) electrons. The van der Waals surface area contributed by atoms with Gasteiger partial charge < -0.3 is 29.2 Å². The number of aliphatic hydroxyl groups is 1. The van der Waals surface area contributed by atoms with Crippen LogP contribution in [0, 0.1) is 132 Å². The first kappa shape index (κ1) is 44.0. The number of aromatic hydroxyl groups is 1. The molecule has 4 aromatic carbocycles. The van der Waals surface area contributed by atoms with Gasteiger partial charge in [0.15, 0.2) is 18.3 Å². The quantitative estimate of drug-likeness (QED) is 0.186. The Morgan fingerprint density at radius 3 is 0.808 bits per heavy atom. The largest absolute Gasteiger partial charge is 0.504 e. The maximum atomic E-state index is 9.78. The topological polar surface area (TPSA) is 77.4 Å². The fourth-order valence-electron chi connectivity index (χ4n) is 6.78. The number of methoxy groups -OCH3 is 1. The lowest BCUT2D eigenvalue weighted by Crippen LogP contribution is -2.12. The van der Waals surface area contributed by atoms with Gasteiger partial charge in [0.2, 0.25) is 6.79 Å². The van der Waals surface area contributed by atoms with Crippen molar-refractivity contribution in [2.75, 3.05) is 20.7 Å². The van der Waals surface area contributed by atoms with Crippen LogP contribution in [0.25, 0.3) is 0 Å². The summed E-state index contributed by atoms with van der Waals surface area (Å²) in [6.07, 6.45) is 0. The van der Waals surface area contributed by atoms with Gasteiger partial charge in [-0.15, -0.1) is 0 Å². The van der Waals surface area contributed by atoms with Gasteiger partial charge in [0.1, 0.15) is 17.2 Å². The van der Waals surface area contributed by atoms with E-state index in [2.05, 4.69) is 104 Å². The number of phenols is 1. The second-order valence-corrected chi connectivity index (χ2v) is 14.4. The predicted octanol–water partition coefficient (Wildman–Crippen LogP) is 11.4. The van der Waals surface area contributed by atoms with Crippen molar-refractivity contribution in [3.05, 3.63) is 106 Å². The molecule has 0 fully saturated rings. The SMILES string of the molecule is COc1c(C)c(C)c(C)c(C)c1C.Cc1c(C)c(C)c(OCO)c(O)c1C.Cc1c(C)c(C)c(OCOc2c(C)c(C)c(C)c(C)c2C)c(C)c1C. The summed E-state index contributed by atoms with van der Waals surface area (Å²) >= 11 is 0. The van der Waals surface area contributed by atoms with Crippen molar-refractivity contribution in [2.45, 2.75) is 132 Å². The first-order valence-electron chi connectivity index (χ1n) is 18.1. The third-order valence-electron chi connectivity index (χ3n) is 12.2. The zero-order chi connectivity index (χ0) is 40.1. The highest BCUT2D eigenvalue weighted by molar-refractivity contribution is 5.58. The Hall–Kier alpha value is -4.16. The summed E-state index contributed by atoms with van der Waals surface area (Å²) in [4.78, 5) is 0. The molecule has 0 aliphatic carbocycles. The molecule has 0 saturated heterocycles. The Morgan fingerprint density at radius 1 is 0.308 bits per heavy atom. The van der Waals surface area contributed by atoms with E-state index in [9.17, 15) is 5.11 Å². The molecule has 286 valence electrons. The lowest BCUT2D eigenvalue weighted by Gasteiger charge is -2.21. The third-order valence-corrected chi connectivity index (χ3v) is 12.2. The standard InChI is InChI=1S/C23H32O2.C12H18O.C11H16O3/c1-12-14(3)18(7)22(19(8)15(12)4)24-11-25-23-20(9)16(5)13(2)17(6)21(23)10;1-7-8(2)10(4)12(13-6)11(5)9(7)3;1-6-7(2)9(4)11(14-5-12)10(13)8(6)3/h11H2,1-10H3;1-6H3;12-13H,5H2,1-4H3. The van der Waals surface area contributed by atoms with E-state index in [0.29, 0.717) is 5.75 Å². The summed E-state index contributed by atoms with van der Waals surface area (Å²) in [6, 6.07) is 0. The van der Waals surface area contributed by atoms with Crippen LogP contribution in [0.4, 0.5) is 0 Å². The Bertz CT molecular complexity index is 1760. The number of rotatable bonds is 7. The number of phenolic OH excluding ortho intramolecular Hbond substituents is 1. The second-order valence-electron chi connectivity index (χ2n) is 14.4. The van der Waals surface area contributed by atoms with E-state index in [4.69, 9.17) is 24.1 Å². The minimum Gasteiger partial charge on any atom is -0.504 e. The Kier molecular flexibility index (Phi) is 15.3. The van der Waals surface area contributed by atoms with Crippen molar-refractivity contribution in [3.63, 3.8) is 0 Å². The first-order valence-corrected chi connectivity index (χ1v) is 18.1. The molecule has 0 aliphatic heterocycles. The van der Waals surface area contributed by atoms with E-state index in [-0.39, 0.29) is 12.5 Å². The number of ether oxygens (including phenoxy) is 4. The Balaban J connectivity index is 0.000000294. The maximum Gasteiger partial charge on any atom is 0.230 e. The van der Waals surface area contributed by atoms with Gasteiger partial charge in [0.05, 0.1) is 7.11 Å². The lowest BCUT2D eigenvalue weighted by atomic mass is 9.94. The molecule has 0 saturated carbocycles. The lowest BCUT2D eigenvalue weighted by molar-refractivity contribution is 0.0946. The molecule has 0 aromatic heterocycles. The van der Waals surface area contributed by atoms with Crippen molar-refractivity contribution >= 4 is 0 Å². The summed E-state index contributed by atoms with van der Waals surface area (Å²) in [7, 11) is 1.74. The van der Waals surface area contributed by atoms with Crippen LogP contribution in [0.3, 0.4) is 0 Å². The highest BCUT2D eigenvalue weighted by Gasteiger charge is 2.17. The van der Waals surface area contributed by atoms with Gasteiger partial charge in [0, 0.05) is 0 Å². The van der Waals surface area contributed by atoms with Crippen LogP contribution >= 0.6 is 0 Å². The average molecular weight is 715 g/mol. The third kappa shape index (κ3) is 8.71. The molecule has 0 spiro atoms. The molecule has 0 atom stereocenters. The van der Waals surface area contributed by atoms with Gasteiger partial charge in [0.25, 0.3) is 0 Å². The van der Waals surface area contributed by atoms with E-state index >= 15 is 0 Å². The molecule has 2 N–H and O–H groups in total. The van der Waals surface area contributed by atoms with Gasteiger partial charge in [-0.1, -0.05) is 0 Å². The molecular weight excluding hydrogens is 648 g/mol. The summed E-state index contributed by atoms with van der Waals surface area (Å²) in [5.41, 5.74) is 23.1. The molecule has 0 amide bonds. The van der Waals surface area contributed by atoms with Crippen molar-refractivity contribution in [1.29, 1.82) is 0 Å². The van der Waals surface area contributed by atoms with Crippen molar-refractivity contribution in [2.24, 2.45) is 0 Å². The molecular formula is C46H66O6. The molecule has 6 heteroatoms. The maximum absolute atomic E-state index is 9.78. The molecule has 4 aromatic rings. The van der Waals surface area contributed by atoms with E-state index in [1.165, 1.54) is 83.5 Å². The average Bonchev–Trinajstić information content (AvgIpc) is 3.13. The monoisotopic (exact) mass is 714 g/mol. The smallest absolute Gasteiger partial charge is 0.230 e. The normalized spacial score (nSPS) is 10.6. The van der Waals surface area contributed by atoms with E-state index < -0.39 is 6.79 Å². The zero-order valence-corrected chi connectivity index (χ0v) is 35.9. The summed E-state index contributed by atoms with van der Waals surface area (Å²) in [5, 5.41) is 18.5.